The van der Waals surface area contributed by atoms with Crippen LogP contribution in [0.2, 0.25) is 0 Å². The van der Waals surface area contributed by atoms with Crippen LogP contribution in [0.4, 0.5) is 14.5 Å². The van der Waals surface area contributed by atoms with Crippen LogP contribution in [0.3, 0.4) is 0 Å². The van der Waals surface area contributed by atoms with Crippen LogP contribution in [-0.4, -0.2) is 146 Å². The zero-order valence-corrected chi connectivity index (χ0v) is 38.3. The molecule has 2 unspecified atom stereocenters. The normalized spacial score (nSPS) is 22.1. The van der Waals surface area contributed by atoms with Gasteiger partial charge >= 0.3 is 0 Å². The van der Waals surface area contributed by atoms with Gasteiger partial charge < -0.3 is 39.0 Å². The fourth-order valence-electron chi connectivity index (χ4n) is 10.3. The number of amides is 4. The second-order valence-electron chi connectivity index (χ2n) is 18.7. The fourth-order valence-corrected chi connectivity index (χ4v) is 11.4. The molecule has 0 saturated carbocycles. The Kier molecular flexibility index (Phi) is 12.0. The number of ether oxygens (including phenoxy) is 2. The summed E-state index contributed by atoms with van der Waals surface area (Å²) in [5.41, 5.74) is 4.63. The smallest absolute Gasteiger partial charge is 0.280 e. The number of nitrogens with zero attached hydrogens (tertiary/aromatic N) is 6. The number of pyridine rings is 1. The van der Waals surface area contributed by atoms with E-state index in [0.29, 0.717) is 71.9 Å². The second-order valence-corrected chi connectivity index (χ2v) is 19.8. The minimum atomic E-state index is -3.15. The van der Waals surface area contributed by atoms with Crippen molar-refractivity contribution in [3.8, 4) is 22.6 Å². The van der Waals surface area contributed by atoms with E-state index in [4.69, 9.17) is 9.47 Å². The average molecular weight is 915 g/mol. The molecule has 4 amide bonds. The highest BCUT2D eigenvalue weighted by Gasteiger charge is 2.48. The van der Waals surface area contributed by atoms with Gasteiger partial charge in [-0.15, -0.1) is 11.3 Å². The molecule has 9 rings (SSSR count). The zero-order chi connectivity index (χ0) is 45.9. The first-order valence-electron chi connectivity index (χ1n) is 22.2. The van der Waals surface area contributed by atoms with Crippen LogP contribution in [0.15, 0.2) is 47.4 Å². The van der Waals surface area contributed by atoms with Gasteiger partial charge in [0.1, 0.15) is 17.5 Å². The second kappa shape index (κ2) is 17.4. The third-order valence-corrected chi connectivity index (χ3v) is 15.2. The Bertz CT molecular complexity index is 2590. The standard InChI is InChI=1S/C47H56F2N8O7S/c1-52(2)23-34-36(63-4)18-29(19-37(34)64-5)33-24-53(3)44(61)32-21-38(65-41(32)33)43(60)50-39-10-13-55(27-47(39,48)49)17-16-54-14-11-46(12-15-54)25-56(26-46)30-7-6-28-22-57(45(62)31(28)20-30)35-8-9-40(58)51-42(35)59/h6-7,18-21,24,35,39H,8-17,22-23,25-27H2,1-5H3,(H,50,60)(H,51,58,59). The molecule has 7 heterocycles. The Morgan fingerprint density at radius 3 is 2.29 bits per heavy atom. The Balaban J connectivity index is 0.769. The number of rotatable bonds is 12. The lowest BCUT2D eigenvalue weighted by molar-refractivity contribution is -0.136. The topological polar surface area (TPSA) is 149 Å². The number of carbonyl (C=O) groups excluding carboxylic acids is 4. The first-order valence-corrected chi connectivity index (χ1v) is 23.1. The number of fused-ring (bicyclic) bond motifs is 2. The molecule has 2 N–H and O–H groups in total. The lowest BCUT2D eigenvalue weighted by atomic mass is 9.71. The van der Waals surface area contributed by atoms with E-state index in [1.807, 2.05) is 49.3 Å². The highest BCUT2D eigenvalue weighted by Crippen LogP contribution is 2.44. The molecule has 4 saturated heterocycles. The molecule has 5 aliphatic rings. The Morgan fingerprint density at radius 1 is 0.923 bits per heavy atom. The maximum atomic E-state index is 15.8. The average Bonchev–Trinajstić information content (AvgIpc) is 3.86. The number of aryl methyl sites for hydroxylation is 1. The number of aromatic nitrogens is 1. The summed E-state index contributed by atoms with van der Waals surface area (Å²) in [5, 5.41) is 5.30. The zero-order valence-electron chi connectivity index (χ0n) is 37.5. The number of anilines is 1. The number of hydrogen-bond acceptors (Lipinski definition) is 12. The molecule has 15 nitrogen and oxygen atoms in total. The number of likely N-dealkylation sites (tertiary alicyclic amines) is 2. The highest BCUT2D eigenvalue weighted by atomic mass is 32.1. The van der Waals surface area contributed by atoms with E-state index in [2.05, 4.69) is 20.4 Å². The summed E-state index contributed by atoms with van der Waals surface area (Å²) in [6.45, 7) is 5.60. The predicted molar refractivity (Wildman–Crippen MR) is 243 cm³/mol. The monoisotopic (exact) mass is 914 g/mol. The first kappa shape index (κ1) is 44.8. The van der Waals surface area contributed by atoms with Gasteiger partial charge in [0.15, 0.2) is 0 Å². The first-order chi connectivity index (χ1) is 31.0. The van der Waals surface area contributed by atoms with Crippen LogP contribution in [0, 0.1) is 5.41 Å². The number of imide groups is 1. The third-order valence-electron chi connectivity index (χ3n) is 14.0. The summed E-state index contributed by atoms with van der Waals surface area (Å²) in [4.78, 5) is 74.6. The summed E-state index contributed by atoms with van der Waals surface area (Å²) < 4.78 is 45.1. The van der Waals surface area contributed by atoms with Crippen molar-refractivity contribution in [1.29, 1.82) is 0 Å². The summed E-state index contributed by atoms with van der Waals surface area (Å²) in [6.07, 6.45) is 4.35. The molecule has 2 aromatic heterocycles. The summed E-state index contributed by atoms with van der Waals surface area (Å²) >= 11 is 1.11. The maximum Gasteiger partial charge on any atom is 0.280 e. The van der Waals surface area contributed by atoms with E-state index in [0.717, 1.165) is 72.7 Å². The van der Waals surface area contributed by atoms with Crippen molar-refractivity contribution >= 4 is 50.7 Å². The van der Waals surface area contributed by atoms with Gasteiger partial charge in [-0.05, 0) is 94.3 Å². The van der Waals surface area contributed by atoms with E-state index >= 15 is 8.78 Å². The molecule has 2 atom stereocenters. The van der Waals surface area contributed by atoms with Crippen LogP contribution < -0.4 is 30.6 Å². The number of methoxy groups -OCH3 is 2. The lowest BCUT2D eigenvalue weighted by Gasteiger charge is -2.55. The Morgan fingerprint density at radius 2 is 1.63 bits per heavy atom. The lowest BCUT2D eigenvalue weighted by Crippen LogP contribution is -2.61. The molecule has 18 heteroatoms. The van der Waals surface area contributed by atoms with Crippen LogP contribution in [0.1, 0.15) is 63.3 Å². The molecular weight excluding hydrogens is 859 g/mol. The Hall–Kier alpha value is -5.43. The van der Waals surface area contributed by atoms with Crippen molar-refractivity contribution < 1.29 is 37.4 Å². The summed E-state index contributed by atoms with van der Waals surface area (Å²) in [5.74, 6) is -3.46. The van der Waals surface area contributed by atoms with Gasteiger partial charge in [-0.2, -0.15) is 0 Å². The van der Waals surface area contributed by atoms with Crippen LogP contribution in [0.5, 0.6) is 11.5 Å². The van der Waals surface area contributed by atoms with Crippen molar-refractivity contribution in [1.82, 2.24) is 34.8 Å². The number of thiophene rings is 1. The highest BCUT2D eigenvalue weighted by molar-refractivity contribution is 7.21. The van der Waals surface area contributed by atoms with Gasteiger partial charge in [0.25, 0.3) is 23.3 Å². The van der Waals surface area contributed by atoms with Crippen molar-refractivity contribution in [2.24, 2.45) is 12.5 Å². The van der Waals surface area contributed by atoms with Crippen LogP contribution in [-0.2, 0) is 29.7 Å². The van der Waals surface area contributed by atoms with E-state index in [1.54, 1.807) is 37.3 Å². The number of benzene rings is 2. The molecule has 1 spiro atoms. The van der Waals surface area contributed by atoms with Gasteiger partial charge in [0, 0.05) is 92.4 Å². The van der Waals surface area contributed by atoms with E-state index < -0.39 is 36.4 Å². The molecule has 0 radical (unpaired) electrons. The molecular formula is C47H56F2N8O7S. The van der Waals surface area contributed by atoms with Gasteiger partial charge in [0.2, 0.25) is 11.8 Å². The van der Waals surface area contributed by atoms with Crippen molar-refractivity contribution in [3.63, 3.8) is 0 Å². The summed E-state index contributed by atoms with van der Waals surface area (Å²) in [7, 11) is 8.70. The van der Waals surface area contributed by atoms with Gasteiger partial charge in [-0.25, -0.2) is 8.78 Å². The summed E-state index contributed by atoms with van der Waals surface area (Å²) in [6, 6.07) is 9.22. The molecule has 4 fully saturated rings. The van der Waals surface area contributed by atoms with Gasteiger partial charge in [0.05, 0.1) is 42.6 Å². The number of piperidine rings is 3. The van der Waals surface area contributed by atoms with E-state index in [9.17, 15) is 24.0 Å². The SMILES string of the molecule is COc1cc(-c2cn(C)c(=O)c3cc(C(=O)NC4CCN(CCN5CCC6(CC5)CN(c5ccc7c(c5)C(=O)N(C5CCC(=O)NC5=O)C7)C6)CC4(F)F)sc23)cc(OC)c1CN(C)C. The van der Waals surface area contributed by atoms with Crippen molar-refractivity contribution in [2.45, 2.75) is 63.2 Å². The number of hydrogen-bond donors (Lipinski definition) is 2. The van der Waals surface area contributed by atoms with E-state index in [-0.39, 0.29) is 40.5 Å². The number of carbonyl (C=O) groups is 4. The van der Waals surface area contributed by atoms with E-state index in [1.165, 1.54) is 10.6 Å². The maximum absolute atomic E-state index is 15.8. The van der Waals surface area contributed by atoms with Crippen LogP contribution in [0.25, 0.3) is 21.2 Å². The van der Waals surface area contributed by atoms with Crippen molar-refractivity contribution in [2.75, 3.05) is 85.6 Å². The van der Waals surface area contributed by atoms with Crippen LogP contribution >= 0.6 is 11.3 Å². The number of nitrogens with one attached hydrogen (secondary N) is 2. The number of halogens is 2. The molecule has 5 aliphatic heterocycles. The molecule has 0 bridgehead atoms. The molecule has 65 heavy (non-hydrogen) atoms. The van der Waals surface area contributed by atoms with Gasteiger partial charge in [-0.1, -0.05) is 6.07 Å². The quantitative estimate of drug-likeness (QED) is 0.198. The Labute approximate surface area is 380 Å². The predicted octanol–water partition coefficient (Wildman–Crippen LogP) is 4.15. The van der Waals surface area contributed by atoms with Gasteiger partial charge in [-0.3, -0.25) is 34.2 Å². The minimum Gasteiger partial charge on any atom is -0.496 e. The largest absolute Gasteiger partial charge is 0.496 e. The minimum absolute atomic E-state index is 0.0950. The number of alkyl halides is 2. The fraction of sp³-hybridized carbons (Fsp3) is 0.511. The molecule has 2 aromatic carbocycles. The van der Waals surface area contributed by atoms with Crippen molar-refractivity contribution in [3.05, 3.63) is 74.5 Å². The molecule has 346 valence electrons. The third kappa shape index (κ3) is 8.61. The molecule has 0 aliphatic carbocycles. The molecule has 4 aromatic rings.